The van der Waals surface area contributed by atoms with Gasteiger partial charge < -0.3 is 10.2 Å². The Morgan fingerprint density at radius 3 is 2.44 bits per heavy atom. The molecular formula is C29H29ClFN3O4S. The number of hydrogen-bond donors (Lipinski definition) is 1. The van der Waals surface area contributed by atoms with Crippen LogP contribution >= 0.6 is 11.6 Å². The lowest BCUT2D eigenvalue weighted by molar-refractivity contribution is -0.130. The minimum absolute atomic E-state index is 0.0346. The number of likely N-dealkylation sites (tertiary alicyclic amines) is 1. The molecule has 1 fully saturated rings. The average molecular weight is 570 g/mol. The van der Waals surface area contributed by atoms with Crippen molar-refractivity contribution in [2.75, 3.05) is 17.4 Å². The monoisotopic (exact) mass is 569 g/mol. The molecule has 3 aromatic rings. The topological polar surface area (TPSA) is 86.8 Å². The van der Waals surface area contributed by atoms with Gasteiger partial charge in [-0.25, -0.2) is 12.8 Å². The van der Waals surface area contributed by atoms with Crippen molar-refractivity contribution in [2.45, 2.75) is 49.6 Å². The quantitative estimate of drug-likeness (QED) is 0.474. The van der Waals surface area contributed by atoms with E-state index in [1.54, 1.807) is 29.2 Å². The summed E-state index contributed by atoms with van der Waals surface area (Å²) in [6.07, 6.45) is 1.06. The molecule has 3 aromatic carbocycles. The van der Waals surface area contributed by atoms with Crippen LogP contribution in [0.15, 0.2) is 71.6 Å². The van der Waals surface area contributed by atoms with E-state index >= 15 is 0 Å². The second-order valence-corrected chi connectivity index (χ2v) is 12.3. The number of piperidine rings is 1. The van der Waals surface area contributed by atoms with E-state index < -0.39 is 27.3 Å². The van der Waals surface area contributed by atoms with Gasteiger partial charge in [0.1, 0.15) is 5.82 Å². The zero-order valence-electron chi connectivity index (χ0n) is 21.7. The fraction of sp³-hybridized carbons (Fsp3) is 0.310. The van der Waals surface area contributed by atoms with Gasteiger partial charge in [-0.3, -0.25) is 13.9 Å². The number of nitrogens with one attached hydrogen (secondary N) is 1. The summed E-state index contributed by atoms with van der Waals surface area (Å²) >= 11 is 6.23. The van der Waals surface area contributed by atoms with Crippen LogP contribution in [0.3, 0.4) is 0 Å². The maximum atomic E-state index is 14.0. The highest BCUT2D eigenvalue weighted by Crippen LogP contribution is 2.53. The molecule has 2 aliphatic rings. The van der Waals surface area contributed by atoms with Gasteiger partial charge in [0, 0.05) is 42.6 Å². The number of halogens is 2. The summed E-state index contributed by atoms with van der Waals surface area (Å²) < 4.78 is 43.1. The lowest BCUT2D eigenvalue weighted by Crippen LogP contribution is -2.52. The Morgan fingerprint density at radius 1 is 1.05 bits per heavy atom. The van der Waals surface area contributed by atoms with E-state index in [2.05, 4.69) is 5.32 Å². The first-order valence-corrected chi connectivity index (χ1v) is 14.6. The van der Waals surface area contributed by atoms with Gasteiger partial charge in [-0.2, -0.15) is 0 Å². The Bertz CT molecular complexity index is 1550. The van der Waals surface area contributed by atoms with Crippen LogP contribution in [0, 0.1) is 5.82 Å². The van der Waals surface area contributed by atoms with E-state index in [-0.39, 0.29) is 23.3 Å². The van der Waals surface area contributed by atoms with Gasteiger partial charge in [-0.1, -0.05) is 35.9 Å². The number of sulfonamides is 1. The molecule has 0 saturated carbocycles. The summed E-state index contributed by atoms with van der Waals surface area (Å²) in [6.45, 7) is 4.54. The molecule has 5 rings (SSSR count). The Kier molecular flexibility index (Phi) is 7.15. The molecule has 2 amide bonds. The zero-order valence-corrected chi connectivity index (χ0v) is 23.2. The summed E-state index contributed by atoms with van der Waals surface area (Å²) in [5.74, 6) is -0.987. The standard InChI is InChI=1S/C29H29ClFN3O4S/c1-19-29(12-14-33(15-13-29)20(2)35)25-16-21(28(36)32-18-22-6-3-4-9-26(22)30)10-11-27(25)34(19)39(37,38)24-8-5-7-23(31)17-24/h3-11,16-17,19H,12-15,18H2,1-2H3,(H,32,36). The zero-order chi connectivity index (χ0) is 27.9. The third kappa shape index (κ3) is 4.78. The number of hydrogen-bond acceptors (Lipinski definition) is 4. The molecule has 204 valence electrons. The molecule has 1 unspecified atom stereocenters. The number of amides is 2. The van der Waals surface area contributed by atoms with E-state index in [0.717, 1.165) is 17.2 Å². The molecule has 2 aliphatic heterocycles. The molecule has 0 radical (unpaired) electrons. The van der Waals surface area contributed by atoms with Crippen LogP contribution in [-0.2, 0) is 26.8 Å². The van der Waals surface area contributed by atoms with Crippen molar-refractivity contribution in [3.8, 4) is 0 Å². The number of fused-ring (bicyclic) bond motifs is 2. The van der Waals surface area contributed by atoms with Crippen LogP contribution in [0.4, 0.5) is 10.1 Å². The second kappa shape index (κ2) is 10.3. The summed E-state index contributed by atoms with van der Waals surface area (Å²) in [5.41, 5.74) is 1.75. The van der Waals surface area contributed by atoms with Gasteiger partial charge in [0.05, 0.1) is 16.6 Å². The van der Waals surface area contributed by atoms with Crippen molar-refractivity contribution in [3.05, 3.63) is 94.3 Å². The lowest BCUT2D eigenvalue weighted by Gasteiger charge is -2.43. The van der Waals surface area contributed by atoms with Crippen molar-refractivity contribution >= 4 is 39.1 Å². The van der Waals surface area contributed by atoms with E-state index in [0.29, 0.717) is 42.2 Å². The Balaban J connectivity index is 1.54. The molecule has 39 heavy (non-hydrogen) atoms. The first-order valence-electron chi connectivity index (χ1n) is 12.8. The van der Waals surface area contributed by atoms with E-state index in [4.69, 9.17) is 11.6 Å². The minimum Gasteiger partial charge on any atom is -0.348 e. The van der Waals surface area contributed by atoms with E-state index in [1.165, 1.54) is 29.4 Å². The van der Waals surface area contributed by atoms with Crippen molar-refractivity contribution < 1.29 is 22.4 Å². The van der Waals surface area contributed by atoms with Crippen LogP contribution in [0.1, 0.15) is 48.2 Å². The first kappa shape index (κ1) is 27.1. The highest BCUT2D eigenvalue weighted by atomic mass is 35.5. The smallest absolute Gasteiger partial charge is 0.264 e. The molecule has 0 bridgehead atoms. The van der Waals surface area contributed by atoms with Gasteiger partial charge in [0.15, 0.2) is 0 Å². The van der Waals surface area contributed by atoms with Gasteiger partial charge in [-0.15, -0.1) is 0 Å². The molecule has 0 aliphatic carbocycles. The highest BCUT2D eigenvalue weighted by molar-refractivity contribution is 7.92. The predicted octanol–water partition coefficient (Wildman–Crippen LogP) is 4.89. The van der Waals surface area contributed by atoms with Crippen LogP contribution in [0.5, 0.6) is 0 Å². The second-order valence-electron chi connectivity index (χ2n) is 10.1. The van der Waals surface area contributed by atoms with Crippen LogP contribution in [-0.4, -0.2) is 44.3 Å². The average Bonchev–Trinajstić information content (AvgIpc) is 3.15. The van der Waals surface area contributed by atoms with Crippen molar-refractivity contribution in [1.82, 2.24) is 10.2 Å². The van der Waals surface area contributed by atoms with Crippen LogP contribution < -0.4 is 9.62 Å². The minimum atomic E-state index is -4.12. The van der Waals surface area contributed by atoms with Gasteiger partial charge in [-0.05, 0) is 73.4 Å². The van der Waals surface area contributed by atoms with E-state index in [9.17, 15) is 22.4 Å². The maximum Gasteiger partial charge on any atom is 0.264 e. The van der Waals surface area contributed by atoms with Crippen LogP contribution in [0.25, 0.3) is 0 Å². The van der Waals surface area contributed by atoms with Crippen molar-refractivity contribution in [3.63, 3.8) is 0 Å². The summed E-state index contributed by atoms with van der Waals surface area (Å²) in [5, 5.41) is 3.45. The SMILES string of the molecule is CC(=O)N1CCC2(CC1)c1cc(C(=O)NCc3ccccc3Cl)ccc1N(S(=O)(=O)c1cccc(F)c1)C2C. The first-order chi connectivity index (χ1) is 18.5. The van der Waals surface area contributed by atoms with Gasteiger partial charge in [0.2, 0.25) is 5.91 Å². The predicted molar refractivity (Wildman–Crippen MR) is 148 cm³/mol. The lowest BCUT2D eigenvalue weighted by atomic mass is 9.70. The number of rotatable bonds is 5. The molecule has 10 heteroatoms. The van der Waals surface area contributed by atoms with Gasteiger partial charge in [0.25, 0.3) is 15.9 Å². The third-order valence-electron chi connectivity index (χ3n) is 8.04. The molecule has 1 spiro atoms. The summed E-state index contributed by atoms with van der Waals surface area (Å²) in [6, 6.07) is 16.7. The fourth-order valence-electron chi connectivity index (χ4n) is 5.83. The number of nitrogens with zero attached hydrogens (tertiary/aromatic N) is 2. The van der Waals surface area contributed by atoms with Crippen molar-refractivity contribution in [1.29, 1.82) is 0 Å². The number of benzene rings is 3. The molecule has 1 N–H and O–H groups in total. The van der Waals surface area contributed by atoms with Crippen LogP contribution in [0.2, 0.25) is 5.02 Å². The van der Waals surface area contributed by atoms with Crippen molar-refractivity contribution in [2.24, 2.45) is 0 Å². The normalized spacial score (nSPS) is 18.2. The largest absolute Gasteiger partial charge is 0.348 e. The van der Waals surface area contributed by atoms with E-state index in [1.807, 2.05) is 25.1 Å². The maximum absolute atomic E-state index is 14.0. The molecule has 1 saturated heterocycles. The molecule has 1 atom stereocenters. The Morgan fingerprint density at radius 2 is 1.77 bits per heavy atom. The molecule has 7 nitrogen and oxygen atoms in total. The molecule has 0 aromatic heterocycles. The summed E-state index contributed by atoms with van der Waals surface area (Å²) in [4.78, 5) is 26.8. The summed E-state index contributed by atoms with van der Waals surface area (Å²) in [7, 11) is -4.12. The van der Waals surface area contributed by atoms with Gasteiger partial charge >= 0.3 is 0 Å². The number of anilines is 1. The molecular weight excluding hydrogens is 541 g/mol. The Labute approximate surface area is 232 Å². The Hall–Kier alpha value is -3.43. The number of carbonyl (C=O) groups is 2. The molecule has 2 heterocycles. The fourth-order valence-corrected chi connectivity index (χ4v) is 7.81. The third-order valence-corrected chi connectivity index (χ3v) is 10.3. The number of carbonyl (C=O) groups excluding carboxylic acids is 2. The highest BCUT2D eigenvalue weighted by Gasteiger charge is 2.54.